The molecular weight excluding hydrogens is 432 g/mol. The van der Waals surface area contributed by atoms with E-state index in [1.54, 1.807) is 16.8 Å². The number of halogens is 3. The van der Waals surface area contributed by atoms with E-state index >= 15 is 4.39 Å². The molecule has 3 aromatic rings. The predicted octanol–water partition coefficient (Wildman–Crippen LogP) is 3.74. The van der Waals surface area contributed by atoms with Crippen LogP contribution in [0.4, 0.5) is 10.2 Å². The molecule has 0 saturated carbocycles. The van der Waals surface area contributed by atoms with Gasteiger partial charge in [0.05, 0.1) is 11.1 Å². The number of nitrogens with one attached hydrogen (secondary N) is 1. The highest BCUT2D eigenvalue weighted by Gasteiger charge is 2.32. The Balaban J connectivity index is 1.87. The van der Waals surface area contributed by atoms with Crippen LogP contribution in [-0.2, 0) is 11.2 Å². The first-order valence-corrected chi connectivity index (χ1v) is 10.2. The molecule has 30 heavy (non-hydrogen) atoms. The van der Waals surface area contributed by atoms with E-state index in [1.165, 1.54) is 6.07 Å². The summed E-state index contributed by atoms with van der Waals surface area (Å²) >= 11 is 12.5. The third kappa shape index (κ3) is 3.65. The van der Waals surface area contributed by atoms with Gasteiger partial charge in [-0.05, 0) is 19.9 Å². The second kappa shape index (κ2) is 7.92. The Morgan fingerprint density at radius 2 is 2.20 bits per heavy atom. The fraction of sp³-hybridized carbons (Fsp3) is 0.350. The number of benzene rings is 1. The summed E-state index contributed by atoms with van der Waals surface area (Å²) in [5.41, 5.74) is 7.38. The number of nitrogen functional groups attached to an aromatic ring is 1. The molecule has 1 aliphatic heterocycles. The van der Waals surface area contributed by atoms with Gasteiger partial charge in [-0.1, -0.05) is 23.2 Å². The molecule has 0 radical (unpaired) electrons. The summed E-state index contributed by atoms with van der Waals surface area (Å²) in [6.07, 6.45) is 3.47. The number of nitrogens with two attached hydrogens (primary N) is 1. The lowest BCUT2D eigenvalue weighted by Crippen LogP contribution is -2.16. The summed E-state index contributed by atoms with van der Waals surface area (Å²) in [6.45, 7) is 4.03. The van der Waals surface area contributed by atoms with Gasteiger partial charge in [-0.2, -0.15) is 0 Å². The molecule has 0 bridgehead atoms. The molecule has 7 nitrogen and oxygen atoms in total. The minimum Gasteiger partial charge on any atom is -0.490 e. The number of hydrogen-bond acceptors (Lipinski definition) is 5. The molecule has 0 aliphatic carbocycles. The quantitative estimate of drug-likeness (QED) is 0.615. The number of imidazole rings is 1. The van der Waals surface area contributed by atoms with E-state index in [4.69, 9.17) is 33.7 Å². The van der Waals surface area contributed by atoms with Crippen molar-refractivity contribution in [1.82, 2.24) is 19.7 Å². The maximum Gasteiger partial charge on any atom is 0.220 e. The van der Waals surface area contributed by atoms with E-state index in [9.17, 15) is 4.79 Å². The highest BCUT2D eigenvalue weighted by Crippen LogP contribution is 2.41. The third-order valence-corrected chi connectivity index (χ3v) is 5.52. The molecule has 1 fully saturated rings. The molecule has 1 aliphatic rings. The summed E-state index contributed by atoms with van der Waals surface area (Å²) in [6, 6.07) is 1.53. The zero-order chi connectivity index (χ0) is 21.6. The van der Waals surface area contributed by atoms with Crippen molar-refractivity contribution >= 4 is 40.4 Å². The average Bonchev–Trinajstić information content (AvgIpc) is 3.23. The Morgan fingerprint density at radius 1 is 1.43 bits per heavy atom. The van der Waals surface area contributed by atoms with Gasteiger partial charge in [-0.15, -0.1) is 0 Å². The Bertz CT molecular complexity index is 1150. The minimum absolute atomic E-state index is 0.0383. The number of carbonyl (C=O) groups is 1. The summed E-state index contributed by atoms with van der Waals surface area (Å²) in [7, 11) is 0. The van der Waals surface area contributed by atoms with Crippen molar-refractivity contribution in [2.45, 2.75) is 38.7 Å². The number of anilines is 1. The van der Waals surface area contributed by atoms with Crippen LogP contribution in [0.15, 0.2) is 18.5 Å². The fourth-order valence-electron chi connectivity index (χ4n) is 3.74. The van der Waals surface area contributed by atoms with E-state index in [1.807, 2.05) is 13.8 Å². The first-order chi connectivity index (χ1) is 14.3. The zero-order valence-corrected chi connectivity index (χ0v) is 17.9. The molecule has 10 heteroatoms. The summed E-state index contributed by atoms with van der Waals surface area (Å²) < 4.78 is 22.9. The lowest BCUT2D eigenvalue weighted by Gasteiger charge is -2.22. The Hall–Kier alpha value is -2.58. The van der Waals surface area contributed by atoms with Crippen LogP contribution in [0.2, 0.25) is 10.2 Å². The molecule has 0 spiro atoms. The standard InChI is InChI=1S/C20H20Cl2FN5O2/c1-9(2)30-18-10(5-12(21)16(23)15(18)11-7-14(29)26-8-11)6-13-27-19(22)17-20(24)25-3-4-28(13)17/h3-5,9,11H,6-8H2,1-2H3,(H2,24,25)(H,26,29). The van der Waals surface area contributed by atoms with E-state index in [0.717, 1.165) is 0 Å². The first-order valence-electron chi connectivity index (χ1n) is 9.47. The largest absolute Gasteiger partial charge is 0.490 e. The average molecular weight is 452 g/mol. The maximum atomic E-state index is 15.1. The second-order valence-electron chi connectivity index (χ2n) is 7.47. The molecule has 1 amide bonds. The number of aromatic nitrogens is 3. The van der Waals surface area contributed by atoms with Crippen LogP contribution in [0.5, 0.6) is 5.75 Å². The van der Waals surface area contributed by atoms with Gasteiger partial charge in [0, 0.05) is 48.8 Å². The molecule has 3 N–H and O–H groups in total. The van der Waals surface area contributed by atoms with Crippen molar-refractivity contribution in [3.8, 4) is 5.75 Å². The SMILES string of the molecule is CC(C)Oc1c(Cc2nc(Cl)c3c(N)nccn23)cc(Cl)c(F)c1C1CNC(=O)C1. The highest BCUT2D eigenvalue weighted by molar-refractivity contribution is 6.33. The fourth-order valence-corrected chi connectivity index (χ4v) is 4.26. The van der Waals surface area contributed by atoms with Crippen LogP contribution in [-0.4, -0.2) is 32.9 Å². The second-order valence-corrected chi connectivity index (χ2v) is 8.24. The topological polar surface area (TPSA) is 94.5 Å². The van der Waals surface area contributed by atoms with Crippen LogP contribution in [0.3, 0.4) is 0 Å². The first kappa shape index (κ1) is 20.7. The molecule has 158 valence electrons. The van der Waals surface area contributed by atoms with Crippen molar-refractivity contribution in [2.24, 2.45) is 0 Å². The van der Waals surface area contributed by atoms with Gasteiger partial charge in [0.1, 0.15) is 22.9 Å². The number of amides is 1. The van der Waals surface area contributed by atoms with Crippen molar-refractivity contribution in [2.75, 3.05) is 12.3 Å². The Kier molecular flexibility index (Phi) is 5.46. The van der Waals surface area contributed by atoms with Gasteiger partial charge in [0.2, 0.25) is 5.91 Å². The van der Waals surface area contributed by atoms with Crippen LogP contribution in [0, 0.1) is 5.82 Å². The van der Waals surface area contributed by atoms with Crippen molar-refractivity contribution < 1.29 is 13.9 Å². The molecule has 1 aromatic carbocycles. The van der Waals surface area contributed by atoms with Gasteiger partial charge < -0.3 is 15.8 Å². The van der Waals surface area contributed by atoms with Crippen LogP contribution in [0.25, 0.3) is 5.52 Å². The van der Waals surface area contributed by atoms with Gasteiger partial charge in [-0.3, -0.25) is 9.20 Å². The van der Waals surface area contributed by atoms with Gasteiger partial charge in [-0.25, -0.2) is 14.4 Å². The number of hydrogen-bond donors (Lipinski definition) is 2. The smallest absolute Gasteiger partial charge is 0.220 e. The molecule has 4 rings (SSSR count). The Labute approximate surface area is 182 Å². The van der Waals surface area contributed by atoms with E-state index in [0.29, 0.717) is 34.8 Å². The third-order valence-electron chi connectivity index (χ3n) is 4.98. The van der Waals surface area contributed by atoms with Crippen molar-refractivity contribution in [1.29, 1.82) is 0 Å². The van der Waals surface area contributed by atoms with Crippen LogP contribution in [0.1, 0.15) is 43.1 Å². The van der Waals surface area contributed by atoms with Gasteiger partial charge in [0.25, 0.3) is 0 Å². The van der Waals surface area contributed by atoms with Crippen LogP contribution < -0.4 is 15.8 Å². The lowest BCUT2D eigenvalue weighted by molar-refractivity contribution is -0.119. The molecule has 1 atom stereocenters. The number of nitrogens with zero attached hydrogens (tertiary/aromatic N) is 3. The summed E-state index contributed by atoms with van der Waals surface area (Å²) in [5, 5.41) is 2.92. The summed E-state index contributed by atoms with van der Waals surface area (Å²) in [5.74, 6) is 0.134. The highest BCUT2D eigenvalue weighted by atomic mass is 35.5. The lowest BCUT2D eigenvalue weighted by atomic mass is 9.93. The van der Waals surface area contributed by atoms with E-state index in [2.05, 4.69) is 15.3 Å². The molecule has 3 heterocycles. The normalized spacial score (nSPS) is 16.5. The van der Waals surface area contributed by atoms with Crippen molar-refractivity contribution in [3.05, 3.63) is 51.4 Å². The zero-order valence-electron chi connectivity index (χ0n) is 16.4. The van der Waals surface area contributed by atoms with Gasteiger partial charge in [0.15, 0.2) is 11.0 Å². The van der Waals surface area contributed by atoms with E-state index < -0.39 is 5.82 Å². The number of ether oxygens (including phenoxy) is 1. The minimum atomic E-state index is -0.572. The van der Waals surface area contributed by atoms with E-state index in [-0.39, 0.29) is 46.8 Å². The number of fused-ring (bicyclic) bond motifs is 1. The summed E-state index contributed by atoms with van der Waals surface area (Å²) in [4.78, 5) is 20.2. The number of carbonyl (C=O) groups excluding carboxylic acids is 1. The van der Waals surface area contributed by atoms with Crippen LogP contribution >= 0.6 is 23.2 Å². The Morgan fingerprint density at radius 3 is 2.87 bits per heavy atom. The molecule has 1 saturated heterocycles. The molecule has 2 aromatic heterocycles. The number of rotatable bonds is 5. The van der Waals surface area contributed by atoms with Gasteiger partial charge >= 0.3 is 0 Å². The van der Waals surface area contributed by atoms with Crippen molar-refractivity contribution in [3.63, 3.8) is 0 Å². The maximum absolute atomic E-state index is 15.1. The molecule has 1 unspecified atom stereocenters. The monoisotopic (exact) mass is 451 g/mol. The predicted molar refractivity (Wildman–Crippen MR) is 113 cm³/mol. The molecular formula is C20H20Cl2FN5O2.